The van der Waals surface area contributed by atoms with Gasteiger partial charge in [0.1, 0.15) is 11.6 Å². The summed E-state index contributed by atoms with van der Waals surface area (Å²) in [6.45, 7) is 0. The van der Waals surface area contributed by atoms with E-state index in [2.05, 4.69) is 19.9 Å². The molecule has 10 N–H and O–H groups in total. The van der Waals surface area contributed by atoms with Crippen molar-refractivity contribution in [1.29, 1.82) is 0 Å². The normalized spacial score (nSPS) is 10.8. The highest BCUT2D eigenvalue weighted by atomic mass is 14.9. The first-order valence-electron chi connectivity index (χ1n) is 10.7. The highest BCUT2D eigenvalue weighted by molar-refractivity contribution is 5.83. The second kappa shape index (κ2) is 8.51. The molecule has 2 heterocycles. The molecule has 0 amide bonds. The number of H-pyrrole nitrogens is 2. The predicted molar refractivity (Wildman–Crippen MR) is 141 cm³/mol. The van der Waals surface area contributed by atoms with Gasteiger partial charge in [-0.2, -0.15) is 0 Å². The van der Waals surface area contributed by atoms with Crippen LogP contribution in [0.3, 0.4) is 0 Å². The lowest BCUT2D eigenvalue weighted by Crippen LogP contribution is -1.84. The summed E-state index contributed by atoms with van der Waals surface area (Å²) in [7, 11) is 0. The molecule has 8 heteroatoms. The van der Waals surface area contributed by atoms with Crippen LogP contribution in [0.25, 0.3) is 44.8 Å². The average Bonchev–Trinajstić information content (AvgIpc) is 3.44. The molecule has 0 unspecified atom stereocenters. The van der Waals surface area contributed by atoms with Gasteiger partial charge in [0.05, 0.1) is 22.1 Å². The Hall–Kier alpha value is -4.98. The highest BCUT2D eigenvalue weighted by Crippen LogP contribution is 2.23. The topological polar surface area (TPSA) is 161 Å². The number of hydrogen-bond donors (Lipinski definition) is 6. The van der Waals surface area contributed by atoms with Crippen molar-refractivity contribution in [2.45, 2.75) is 0 Å². The molecule has 4 aromatic carbocycles. The van der Waals surface area contributed by atoms with Crippen LogP contribution in [0.1, 0.15) is 0 Å². The van der Waals surface area contributed by atoms with Gasteiger partial charge in [0, 0.05) is 33.9 Å². The Morgan fingerprint density at radius 3 is 1.18 bits per heavy atom. The summed E-state index contributed by atoms with van der Waals surface area (Å²) < 4.78 is 0. The van der Waals surface area contributed by atoms with Gasteiger partial charge in [-0.3, -0.25) is 0 Å². The lowest BCUT2D eigenvalue weighted by molar-refractivity contribution is 1.34. The number of hydrogen-bond acceptors (Lipinski definition) is 6. The van der Waals surface area contributed by atoms with Crippen molar-refractivity contribution in [1.82, 2.24) is 19.9 Å². The smallest absolute Gasteiger partial charge is 0.138 e. The fraction of sp³-hybridized carbons (Fsp3) is 0. The molecule has 6 rings (SSSR count). The minimum Gasteiger partial charge on any atom is -0.399 e. The number of benzene rings is 4. The number of nitrogens with one attached hydrogen (secondary N) is 2. The number of anilines is 4. The fourth-order valence-electron chi connectivity index (χ4n) is 3.61. The van der Waals surface area contributed by atoms with E-state index in [-0.39, 0.29) is 0 Å². The van der Waals surface area contributed by atoms with Crippen LogP contribution < -0.4 is 22.9 Å². The second-order valence-electron chi connectivity index (χ2n) is 7.97. The minimum atomic E-state index is 0.727. The lowest BCUT2D eigenvalue weighted by atomic mass is 10.2. The van der Waals surface area contributed by atoms with Crippen LogP contribution in [0.4, 0.5) is 22.7 Å². The van der Waals surface area contributed by atoms with E-state index in [0.717, 1.165) is 67.6 Å². The summed E-state index contributed by atoms with van der Waals surface area (Å²) in [6.07, 6.45) is 0. The van der Waals surface area contributed by atoms with Crippen molar-refractivity contribution in [3.8, 4) is 22.8 Å². The van der Waals surface area contributed by atoms with Gasteiger partial charge in [-0.1, -0.05) is 0 Å². The van der Waals surface area contributed by atoms with E-state index >= 15 is 0 Å². The number of nitrogens with zero attached hydrogens (tertiary/aromatic N) is 2. The molecule has 0 spiro atoms. The van der Waals surface area contributed by atoms with E-state index in [0.29, 0.717) is 0 Å². The third-order valence-corrected chi connectivity index (χ3v) is 5.38. The number of aromatic nitrogens is 4. The predicted octanol–water partition coefficient (Wildman–Crippen LogP) is 4.79. The van der Waals surface area contributed by atoms with Crippen molar-refractivity contribution in [2.24, 2.45) is 0 Å². The SMILES string of the molecule is Nc1ccc(-c2nc3ccc(N)cc3[nH]2)cc1.Nc1ccc(-c2nc3ccc(N)cc3[nH]2)cc1. The molecule has 0 radical (unpaired) electrons. The van der Waals surface area contributed by atoms with Crippen molar-refractivity contribution < 1.29 is 0 Å². The Kier molecular flexibility index (Phi) is 5.23. The van der Waals surface area contributed by atoms with Crippen LogP contribution >= 0.6 is 0 Å². The van der Waals surface area contributed by atoms with Gasteiger partial charge < -0.3 is 32.9 Å². The molecule has 0 saturated heterocycles. The van der Waals surface area contributed by atoms with Gasteiger partial charge in [0.2, 0.25) is 0 Å². The molecule has 0 aliphatic rings. The highest BCUT2D eigenvalue weighted by Gasteiger charge is 2.06. The molecule has 0 bridgehead atoms. The van der Waals surface area contributed by atoms with Crippen molar-refractivity contribution in [3.63, 3.8) is 0 Å². The van der Waals surface area contributed by atoms with E-state index < -0.39 is 0 Å². The molecule has 0 aliphatic carbocycles. The van der Waals surface area contributed by atoms with Gasteiger partial charge in [-0.05, 0) is 84.9 Å². The van der Waals surface area contributed by atoms with Crippen molar-refractivity contribution >= 4 is 44.8 Å². The van der Waals surface area contributed by atoms with Crippen LogP contribution in [0.15, 0.2) is 84.9 Å². The summed E-state index contributed by atoms with van der Waals surface area (Å²) in [4.78, 5) is 15.5. The first kappa shape index (κ1) is 20.9. The summed E-state index contributed by atoms with van der Waals surface area (Å²) in [5, 5.41) is 0. The molecule has 0 saturated carbocycles. The minimum absolute atomic E-state index is 0.727. The van der Waals surface area contributed by atoms with Gasteiger partial charge in [0.15, 0.2) is 0 Å². The Labute approximate surface area is 195 Å². The quantitative estimate of drug-likeness (QED) is 0.209. The monoisotopic (exact) mass is 448 g/mol. The molecule has 0 fully saturated rings. The van der Waals surface area contributed by atoms with E-state index in [1.807, 2.05) is 84.9 Å². The van der Waals surface area contributed by atoms with Crippen LogP contribution in [-0.2, 0) is 0 Å². The van der Waals surface area contributed by atoms with Gasteiger partial charge in [-0.25, -0.2) is 9.97 Å². The Morgan fingerprint density at radius 2 is 0.794 bits per heavy atom. The third-order valence-electron chi connectivity index (χ3n) is 5.38. The molecule has 8 nitrogen and oxygen atoms in total. The summed E-state index contributed by atoms with van der Waals surface area (Å²) >= 11 is 0. The summed E-state index contributed by atoms with van der Waals surface area (Å²) in [5.74, 6) is 1.65. The van der Waals surface area contributed by atoms with E-state index in [1.54, 1.807) is 0 Å². The fourth-order valence-corrected chi connectivity index (χ4v) is 3.61. The first-order valence-corrected chi connectivity index (χ1v) is 10.7. The Morgan fingerprint density at radius 1 is 0.441 bits per heavy atom. The standard InChI is InChI=1S/2C13H12N4/c2*14-9-3-1-8(2-4-9)13-16-11-6-5-10(15)7-12(11)17-13/h2*1-7H,14-15H2,(H,16,17). The zero-order valence-electron chi connectivity index (χ0n) is 18.3. The zero-order chi connectivity index (χ0) is 23.7. The molecule has 34 heavy (non-hydrogen) atoms. The zero-order valence-corrected chi connectivity index (χ0v) is 18.3. The molecule has 0 atom stereocenters. The summed E-state index contributed by atoms with van der Waals surface area (Å²) in [6, 6.07) is 26.4. The number of imidazole rings is 2. The molecule has 0 aliphatic heterocycles. The maximum Gasteiger partial charge on any atom is 0.138 e. The maximum absolute atomic E-state index is 5.73. The van der Waals surface area contributed by atoms with E-state index in [1.165, 1.54) is 0 Å². The average molecular weight is 449 g/mol. The number of fused-ring (bicyclic) bond motifs is 2. The van der Waals surface area contributed by atoms with E-state index in [4.69, 9.17) is 22.9 Å². The number of nitrogens with two attached hydrogens (primary N) is 4. The van der Waals surface area contributed by atoms with Gasteiger partial charge in [-0.15, -0.1) is 0 Å². The molecule has 2 aromatic heterocycles. The van der Waals surface area contributed by atoms with E-state index in [9.17, 15) is 0 Å². The maximum atomic E-state index is 5.73. The molecular formula is C26H24N8. The first-order chi connectivity index (χ1) is 16.4. The van der Waals surface area contributed by atoms with Gasteiger partial charge >= 0.3 is 0 Å². The van der Waals surface area contributed by atoms with Crippen molar-refractivity contribution in [2.75, 3.05) is 22.9 Å². The molecule has 168 valence electrons. The Balaban J connectivity index is 0.000000142. The summed E-state index contributed by atoms with van der Waals surface area (Å²) in [5.41, 5.74) is 31.4. The van der Waals surface area contributed by atoms with Gasteiger partial charge in [0.25, 0.3) is 0 Å². The van der Waals surface area contributed by atoms with Crippen LogP contribution in [0, 0.1) is 0 Å². The molecular weight excluding hydrogens is 424 g/mol. The Bertz CT molecular complexity index is 1460. The van der Waals surface area contributed by atoms with Crippen molar-refractivity contribution in [3.05, 3.63) is 84.9 Å². The largest absolute Gasteiger partial charge is 0.399 e. The van der Waals surface area contributed by atoms with Crippen LogP contribution in [0.5, 0.6) is 0 Å². The number of nitrogen functional groups attached to an aromatic ring is 4. The third kappa shape index (κ3) is 4.33. The van der Waals surface area contributed by atoms with Crippen LogP contribution in [0.2, 0.25) is 0 Å². The van der Waals surface area contributed by atoms with Crippen LogP contribution in [-0.4, -0.2) is 19.9 Å². The lowest BCUT2D eigenvalue weighted by Gasteiger charge is -1.96. The number of rotatable bonds is 2. The number of aromatic amines is 2. The second-order valence-corrected chi connectivity index (χ2v) is 7.97. The molecule has 6 aromatic rings.